The number of benzene rings is 2. The normalized spacial score (nSPS) is 10.4. The largest absolute Gasteiger partial charge is 0.496 e. The Hall–Kier alpha value is -1.84. The lowest BCUT2D eigenvalue weighted by molar-refractivity contribution is 0.0992. The van der Waals surface area contributed by atoms with Gasteiger partial charge in [0.25, 0.3) is 0 Å². The Bertz CT molecular complexity index is 623. The van der Waals surface area contributed by atoms with Crippen LogP contribution in [0.2, 0.25) is 5.02 Å². The average Bonchev–Trinajstić information content (AvgIpc) is 2.48. The lowest BCUT2D eigenvalue weighted by Crippen LogP contribution is -2.06. The van der Waals surface area contributed by atoms with Crippen molar-refractivity contribution >= 4 is 17.4 Å². The van der Waals surface area contributed by atoms with E-state index in [-0.39, 0.29) is 12.2 Å². The Labute approximate surface area is 129 Å². The Balaban J connectivity index is 2.15. The predicted octanol–water partition coefficient (Wildman–Crippen LogP) is 3.28. The van der Waals surface area contributed by atoms with Gasteiger partial charge in [0.1, 0.15) is 5.75 Å². The topological polar surface area (TPSA) is 52.3 Å². The number of Topliss-reactive ketones (excluding diaryl/α,β-unsaturated/α-hetero) is 1. The minimum absolute atomic E-state index is 0.0369. The van der Waals surface area contributed by atoms with Crippen LogP contribution in [0.3, 0.4) is 0 Å². The van der Waals surface area contributed by atoms with Crippen LogP contribution in [0.1, 0.15) is 21.5 Å². The third-order valence-electron chi connectivity index (χ3n) is 3.30. The van der Waals surface area contributed by atoms with E-state index in [1.54, 1.807) is 25.3 Å². The highest BCUT2D eigenvalue weighted by atomic mass is 35.5. The molecule has 2 rings (SSSR count). The highest BCUT2D eigenvalue weighted by Gasteiger charge is 2.11. The molecule has 0 aliphatic heterocycles. The first-order valence-electron chi connectivity index (χ1n) is 6.78. The summed E-state index contributed by atoms with van der Waals surface area (Å²) < 4.78 is 5.26. The molecule has 0 radical (unpaired) electrons. The quantitative estimate of drug-likeness (QED) is 0.833. The Kier molecular flexibility index (Phi) is 5.37. The van der Waals surface area contributed by atoms with Crippen LogP contribution in [0.15, 0.2) is 42.5 Å². The third-order valence-corrected chi connectivity index (χ3v) is 3.54. The van der Waals surface area contributed by atoms with Gasteiger partial charge < -0.3 is 10.5 Å². The number of ketones is 1. The van der Waals surface area contributed by atoms with Crippen molar-refractivity contribution in [2.45, 2.75) is 12.8 Å². The molecule has 0 fully saturated rings. The van der Waals surface area contributed by atoms with Gasteiger partial charge in [0.05, 0.1) is 7.11 Å². The average molecular weight is 304 g/mol. The van der Waals surface area contributed by atoms with E-state index in [0.29, 0.717) is 22.9 Å². The molecular formula is C17H18ClNO2. The zero-order valence-electron chi connectivity index (χ0n) is 11.9. The van der Waals surface area contributed by atoms with E-state index in [4.69, 9.17) is 22.1 Å². The monoisotopic (exact) mass is 303 g/mol. The first-order valence-corrected chi connectivity index (χ1v) is 7.16. The molecule has 3 nitrogen and oxygen atoms in total. The molecule has 4 heteroatoms. The van der Waals surface area contributed by atoms with Gasteiger partial charge in [-0.2, -0.15) is 0 Å². The maximum absolute atomic E-state index is 12.3. The van der Waals surface area contributed by atoms with Crippen molar-refractivity contribution in [1.29, 1.82) is 0 Å². The molecule has 0 atom stereocenters. The van der Waals surface area contributed by atoms with E-state index < -0.39 is 0 Å². The van der Waals surface area contributed by atoms with Gasteiger partial charge in [-0.1, -0.05) is 35.9 Å². The zero-order chi connectivity index (χ0) is 15.2. The van der Waals surface area contributed by atoms with Crippen LogP contribution in [0.4, 0.5) is 0 Å². The van der Waals surface area contributed by atoms with Crippen LogP contribution in [-0.4, -0.2) is 19.4 Å². The molecule has 0 heterocycles. The summed E-state index contributed by atoms with van der Waals surface area (Å²) in [5.41, 5.74) is 8.12. The van der Waals surface area contributed by atoms with Crippen molar-refractivity contribution in [2.75, 3.05) is 13.7 Å². The third kappa shape index (κ3) is 4.06. The van der Waals surface area contributed by atoms with Gasteiger partial charge in [0.15, 0.2) is 5.78 Å². The molecule has 0 spiro atoms. The number of rotatable bonds is 6. The predicted molar refractivity (Wildman–Crippen MR) is 85.2 cm³/mol. The highest BCUT2D eigenvalue weighted by molar-refractivity contribution is 6.30. The second kappa shape index (κ2) is 7.25. The molecule has 0 amide bonds. The number of nitrogens with two attached hydrogens (primary N) is 1. The molecule has 0 unspecified atom stereocenters. The molecule has 0 aromatic heterocycles. The van der Waals surface area contributed by atoms with Crippen molar-refractivity contribution in [3.05, 3.63) is 64.2 Å². The second-order valence-corrected chi connectivity index (χ2v) is 5.23. The number of carbonyl (C=O) groups excluding carboxylic acids is 1. The summed E-state index contributed by atoms with van der Waals surface area (Å²) in [6.45, 7) is 0.604. The van der Waals surface area contributed by atoms with Gasteiger partial charge in [-0.25, -0.2) is 0 Å². The lowest BCUT2D eigenvalue weighted by atomic mass is 10.0. The van der Waals surface area contributed by atoms with Gasteiger partial charge in [-0.3, -0.25) is 4.79 Å². The molecule has 2 N–H and O–H groups in total. The van der Waals surface area contributed by atoms with Crippen molar-refractivity contribution < 1.29 is 9.53 Å². The fourth-order valence-corrected chi connectivity index (χ4v) is 2.38. The van der Waals surface area contributed by atoms with E-state index in [0.717, 1.165) is 17.5 Å². The summed E-state index contributed by atoms with van der Waals surface area (Å²) in [4.78, 5) is 12.3. The smallest absolute Gasteiger partial charge is 0.167 e. The van der Waals surface area contributed by atoms with Gasteiger partial charge in [0.2, 0.25) is 0 Å². The Morgan fingerprint density at radius 1 is 1.19 bits per heavy atom. The first-order chi connectivity index (χ1) is 10.1. The Morgan fingerprint density at radius 2 is 1.90 bits per heavy atom. The minimum Gasteiger partial charge on any atom is -0.496 e. The fourth-order valence-electron chi connectivity index (χ4n) is 2.18. The molecular weight excluding hydrogens is 286 g/mol. The van der Waals surface area contributed by atoms with Crippen LogP contribution in [0.5, 0.6) is 5.75 Å². The van der Waals surface area contributed by atoms with E-state index >= 15 is 0 Å². The van der Waals surface area contributed by atoms with Crippen molar-refractivity contribution in [3.8, 4) is 5.75 Å². The molecule has 0 saturated carbocycles. The highest BCUT2D eigenvalue weighted by Crippen LogP contribution is 2.24. The standard InChI is InChI=1S/C17H18ClNO2/c1-21-17-7-6-15(18)10-14(17)11-16(20)13-4-2-12(3-5-13)8-9-19/h2-7,10H,8-9,11,19H2,1H3. The lowest BCUT2D eigenvalue weighted by Gasteiger charge is -2.09. The van der Waals surface area contributed by atoms with Gasteiger partial charge in [-0.15, -0.1) is 0 Å². The van der Waals surface area contributed by atoms with Crippen molar-refractivity contribution in [1.82, 2.24) is 0 Å². The van der Waals surface area contributed by atoms with E-state index in [2.05, 4.69) is 0 Å². The summed E-state index contributed by atoms with van der Waals surface area (Å²) in [7, 11) is 1.58. The molecule has 2 aromatic rings. The maximum Gasteiger partial charge on any atom is 0.167 e. The number of hydrogen-bond donors (Lipinski definition) is 1. The minimum atomic E-state index is 0.0369. The summed E-state index contributed by atoms with van der Waals surface area (Å²) in [5.74, 6) is 0.711. The molecule has 0 bridgehead atoms. The molecule has 110 valence electrons. The van der Waals surface area contributed by atoms with E-state index in [9.17, 15) is 4.79 Å². The van der Waals surface area contributed by atoms with Crippen LogP contribution in [0.25, 0.3) is 0 Å². The summed E-state index contributed by atoms with van der Waals surface area (Å²) in [5, 5.41) is 0.594. The fraction of sp³-hybridized carbons (Fsp3) is 0.235. The van der Waals surface area contributed by atoms with E-state index in [1.165, 1.54) is 0 Å². The van der Waals surface area contributed by atoms with Gasteiger partial charge in [0, 0.05) is 22.6 Å². The molecule has 0 aliphatic carbocycles. The SMILES string of the molecule is COc1ccc(Cl)cc1CC(=O)c1ccc(CCN)cc1. The summed E-state index contributed by atoms with van der Waals surface area (Å²) >= 11 is 5.98. The molecule has 0 saturated heterocycles. The van der Waals surface area contributed by atoms with Gasteiger partial charge in [-0.05, 0) is 36.7 Å². The number of carbonyl (C=O) groups is 1. The summed E-state index contributed by atoms with van der Waals surface area (Å²) in [6.07, 6.45) is 1.08. The maximum atomic E-state index is 12.3. The molecule has 21 heavy (non-hydrogen) atoms. The first kappa shape index (κ1) is 15.5. The van der Waals surface area contributed by atoms with Crippen LogP contribution < -0.4 is 10.5 Å². The Morgan fingerprint density at radius 3 is 2.52 bits per heavy atom. The van der Waals surface area contributed by atoms with Crippen molar-refractivity contribution in [3.63, 3.8) is 0 Å². The number of halogens is 1. The van der Waals surface area contributed by atoms with Crippen molar-refractivity contribution in [2.24, 2.45) is 5.73 Å². The van der Waals surface area contributed by atoms with Gasteiger partial charge >= 0.3 is 0 Å². The number of ether oxygens (including phenoxy) is 1. The zero-order valence-corrected chi connectivity index (χ0v) is 12.7. The van der Waals surface area contributed by atoms with E-state index in [1.807, 2.05) is 24.3 Å². The summed E-state index contributed by atoms with van der Waals surface area (Å²) in [6, 6.07) is 12.8. The van der Waals surface area contributed by atoms with Crippen LogP contribution in [-0.2, 0) is 12.8 Å². The second-order valence-electron chi connectivity index (χ2n) is 4.79. The van der Waals surface area contributed by atoms with Crippen LogP contribution in [0, 0.1) is 0 Å². The van der Waals surface area contributed by atoms with Crippen LogP contribution >= 0.6 is 11.6 Å². The number of methoxy groups -OCH3 is 1. The number of hydrogen-bond acceptors (Lipinski definition) is 3. The molecule has 2 aromatic carbocycles. The molecule has 0 aliphatic rings.